The van der Waals surface area contributed by atoms with Crippen molar-refractivity contribution in [3.05, 3.63) is 0 Å². The number of likely N-dealkylation sites (tertiary alicyclic amines) is 1. The molecule has 1 heterocycles. The molecule has 6 nitrogen and oxygen atoms in total. The van der Waals surface area contributed by atoms with E-state index in [4.69, 9.17) is 0 Å². The quantitative estimate of drug-likeness (QED) is 0.568. The molecule has 0 aromatic heterocycles. The van der Waals surface area contributed by atoms with Crippen molar-refractivity contribution in [2.45, 2.75) is 32.2 Å². The van der Waals surface area contributed by atoms with Gasteiger partial charge in [0.05, 0.1) is 6.54 Å². The molecule has 0 bridgehead atoms. The molecular formula is C11H22N4O2. The van der Waals surface area contributed by atoms with E-state index in [9.17, 15) is 9.59 Å². The van der Waals surface area contributed by atoms with Gasteiger partial charge in [-0.2, -0.15) is 0 Å². The molecule has 1 saturated heterocycles. The fourth-order valence-corrected chi connectivity index (χ4v) is 1.86. The first kappa shape index (κ1) is 13.9. The van der Waals surface area contributed by atoms with Crippen molar-refractivity contribution in [2.24, 2.45) is 0 Å². The van der Waals surface area contributed by atoms with Gasteiger partial charge >= 0.3 is 0 Å². The Balaban J connectivity index is 2.26. The maximum absolute atomic E-state index is 11.5. The Morgan fingerprint density at radius 2 is 1.82 bits per heavy atom. The Morgan fingerprint density at radius 3 is 2.29 bits per heavy atom. The molecule has 1 fully saturated rings. The number of hydrogen-bond acceptors (Lipinski definition) is 4. The van der Waals surface area contributed by atoms with Gasteiger partial charge < -0.3 is 5.32 Å². The maximum atomic E-state index is 11.5. The van der Waals surface area contributed by atoms with Gasteiger partial charge in [0, 0.05) is 25.6 Å². The normalized spacial score (nSPS) is 19.7. The van der Waals surface area contributed by atoms with Gasteiger partial charge in [0.1, 0.15) is 0 Å². The third-order valence-corrected chi connectivity index (χ3v) is 3.31. The van der Waals surface area contributed by atoms with Crippen molar-refractivity contribution < 1.29 is 9.59 Å². The van der Waals surface area contributed by atoms with Crippen molar-refractivity contribution in [3.63, 3.8) is 0 Å². The summed E-state index contributed by atoms with van der Waals surface area (Å²) in [6.07, 6.45) is 2.05. The van der Waals surface area contributed by atoms with Crippen LogP contribution < -0.4 is 16.2 Å². The molecule has 3 N–H and O–H groups in total. The molecule has 0 saturated carbocycles. The van der Waals surface area contributed by atoms with Crippen LogP contribution in [0.2, 0.25) is 0 Å². The Hall–Kier alpha value is -1.14. The van der Waals surface area contributed by atoms with E-state index < -0.39 is 0 Å². The van der Waals surface area contributed by atoms with Crippen LogP contribution in [0.5, 0.6) is 0 Å². The molecule has 0 aromatic carbocycles. The second-order valence-electron chi connectivity index (χ2n) is 4.82. The Labute approximate surface area is 102 Å². The lowest BCUT2D eigenvalue weighted by molar-refractivity contribution is -0.128. The highest BCUT2D eigenvalue weighted by Crippen LogP contribution is 2.20. The van der Waals surface area contributed by atoms with Gasteiger partial charge in [-0.3, -0.25) is 25.3 Å². The summed E-state index contributed by atoms with van der Waals surface area (Å²) < 4.78 is 0. The summed E-state index contributed by atoms with van der Waals surface area (Å²) in [5.74, 6) is -0.437. The number of carbonyl (C=O) groups excluding carboxylic acids is 2. The molecule has 0 spiro atoms. The number of nitrogens with one attached hydrogen (secondary N) is 3. The van der Waals surface area contributed by atoms with E-state index in [0.29, 0.717) is 6.54 Å². The lowest BCUT2D eigenvalue weighted by Gasteiger charge is -2.38. The first-order valence-electron chi connectivity index (χ1n) is 5.92. The monoisotopic (exact) mass is 242 g/mol. The lowest BCUT2D eigenvalue weighted by atomic mass is 9.90. The van der Waals surface area contributed by atoms with Gasteiger partial charge in [0.2, 0.25) is 5.91 Å². The average Bonchev–Trinajstić information content (AvgIpc) is 2.30. The van der Waals surface area contributed by atoms with Crippen LogP contribution in [0.4, 0.5) is 0 Å². The number of hydrazine groups is 1. The standard InChI is InChI=1S/C11H22N4O2/c1-9(16)13-14-10(17)8-15-6-4-11(2,12-3)5-7-15/h12H,4-8H2,1-3H3,(H,13,16)(H,14,17). The van der Waals surface area contributed by atoms with Crippen LogP contribution in [0.15, 0.2) is 0 Å². The Kier molecular flexibility index (Phi) is 4.89. The predicted octanol–water partition coefficient (Wildman–Crippen LogP) is -0.772. The van der Waals surface area contributed by atoms with Gasteiger partial charge in [0.15, 0.2) is 0 Å². The van der Waals surface area contributed by atoms with Gasteiger partial charge in [-0.15, -0.1) is 0 Å². The number of carbonyl (C=O) groups is 2. The van der Waals surface area contributed by atoms with Crippen LogP contribution in [0, 0.1) is 0 Å². The molecule has 1 aliphatic rings. The zero-order chi connectivity index (χ0) is 12.9. The van der Waals surface area contributed by atoms with Crippen molar-refractivity contribution in [2.75, 3.05) is 26.7 Å². The molecule has 0 unspecified atom stereocenters. The van der Waals surface area contributed by atoms with Crippen LogP contribution in [0.3, 0.4) is 0 Å². The molecule has 0 atom stereocenters. The third-order valence-electron chi connectivity index (χ3n) is 3.31. The van der Waals surface area contributed by atoms with E-state index in [2.05, 4.69) is 28.0 Å². The molecule has 6 heteroatoms. The van der Waals surface area contributed by atoms with Crippen LogP contribution >= 0.6 is 0 Å². The Morgan fingerprint density at radius 1 is 1.24 bits per heavy atom. The van der Waals surface area contributed by atoms with E-state index in [1.165, 1.54) is 6.92 Å². The summed E-state index contributed by atoms with van der Waals surface area (Å²) >= 11 is 0. The zero-order valence-electron chi connectivity index (χ0n) is 10.8. The van der Waals surface area contributed by atoms with Crippen molar-refractivity contribution in [1.29, 1.82) is 0 Å². The fourth-order valence-electron chi connectivity index (χ4n) is 1.86. The van der Waals surface area contributed by atoms with Crippen LogP contribution in [-0.4, -0.2) is 48.9 Å². The largest absolute Gasteiger partial charge is 0.314 e. The van der Waals surface area contributed by atoms with Crippen molar-refractivity contribution in [3.8, 4) is 0 Å². The minimum atomic E-state index is -0.264. The average molecular weight is 242 g/mol. The van der Waals surface area contributed by atoms with E-state index in [-0.39, 0.29) is 17.4 Å². The van der Waals surface area contributed by atoms with E-state index in [1.54, 1.807) is 0 Å². The smallest absolute Gasteiger partial charge is 0.252 e. The molecule has 17 heavy (non-hydrogen) atoms. The van der Waals surface area contributed by atoms with Gasteiger partial charge in [-0.05, 0) is 26.8 Å². The molecule has 0 aliphatic carbocycles. The zero-order valence-corrected chi connectivity index (χ0v) is 10.8. The molecule has 1 rings (SSSR count). The first-order valence-corrected chi connectivity index (χ1v) is 5.92. The number of nitrogens with zero attached hydrogens (tertiary/aromatic N) is 1. The van der Waals surface area contributed by atoms with E-state index in [0.717, 1.165) is 25.9 Å². The summed E-state index contributed by atoms with van der Waals surface area (Å²) in [6.45, 7) is 5.68. The second kappa shape index (κ2) is 5.97. The number of amides is 2. The summed E-state index contributed by atoms with van der Waals surface area (Å²) in [5, 5.41) is 3.31. The summed E-state index contributed by atoms with van der Waals surface area (Å²) in [5.41, 5.74) is 4.84. The van der Waals surface area contributed by atoms with Crippen molar-refractivity contribution >= 4 is 11.8 Å². The maximum Gasteiger partial charge on any atom is 0.252 e. The Bertz CT molecular complexity index is 285. The van der Waals surface area contributed by atoms with Gasteiger partial charge in [-0.25, -0.2) is 0 Å². The van der Waals surface area contributed by atoms with Gasteiger partial charge in [0.25, 0.3) is 5.91 Å². The number of rotatable bonds is 3. The lowest BCUT2D eigenvalue weighted by Crippen LogP contribution is -2.53. The summed E-state index contributed by atoms with van der Waals surface area (Å²) in [4.78, 5) is 24.2. The predicted molar refractivity (Wildman–Crippen MR) is 65.1 cm³/mol. The molecule has 98 valence electrons. The first-order chi connectivity index (χ1) is 7.95. The SMILES string of the molecule is CNC1(C)CCN(CC(=O)NNC(C)=O)CC1. The number of piperidine rings is 1. The highest BCUT2D eigenvalue weighted by molar-refractivity contribution is 5.81. The molecular weight excluding hydrogens is 220 g/mol. The minimum Gasteiger partial charge on any atom is -0.314 e. The highest BCUT2D eigenvalue weighted by atomic mass is 16.2. The molecule has 0 aromatic rings. The van der Waals surface area contributed by atoms with Crippen LogP contribution in [-0.2, 0) is 9.59 Å². The second-order valence-corrected chi connectivity index (χ2v) is 4.82. The molecule has 0 radical (unpaired) electrons. The van der Waals surface area contributed by atoms with Crippen LogP contribution in [0.25, 0.3) is 0 Å². The molecule has 2 amide bonds. The van der Waals surface area contributed by atoms with E-state index >= 15 is 0 Å². The minimum absolute atomic E-state index is 0.173. The summed E-state index contributed by atoms with van der Waals surface area (Å²) in [6, 6.07) is 0. The fraction of sp³-hybridized carbons (Fsp3) is 0.818. The highest BCUT2D eigenvalue weighted by Gasteiger charge is 2.28. The van der Waals surface area contributed by atoms with Crippen LogP contribution in [0.1, 0.15) is 26.7 Å². The topological polar surface area (TPSA) is 73.5 Å². The third kappa shape index (κ3) is 4.70. The van der Waals surface area contributed by atoms with Gasteiger partial charge in [-0.1, -0.05) is 0 Å². The molecule has 1 aliphatic heterocycles. The summed E-state index contributed by atoms with van der Waals surface area (Å²) in [7, 11) is 1.97. The van der Waals surface area contributed by atoms with E-state index in [1.807, 2.05) is 7.05 Å². The van der Waals surface area contributed by atoms with Crippen molar-refractivity contribution in [1.82, 2.24) is 21.1 Å². The number of hydrogen-bond donors (Lipinski definition) is 3.